The quantitative estimate of drug-likeness (QED) is 0.743. The van der Waals surface area contributed by atoms with Crippen molar-refractivity contribution >= 4 is 5.91 Å². The molecule has 0 saturated heterocycles. The molecule has 3 aromatic rings. The van der Waals surface area contributed by atoms with Gasteiger partial charge in [0.2, 0.25) is 6.79 Å². The van der Waals surface area contributed by atoms with Crippen LogP contribution in [0.5, 0.6) is 11.5 Å². The molecule has 0 atom stereocenters. The van der Waals surface area contributed by atoms with Crippen LogP contribution in [0, 0.1) is 0 Å². The highest BCUT2D eigenvalue weighted by Crippen LogP contribution is 2.32. The molecule has 0 unspecified atom stereocenters. The van der Waals surface area contributed by atoms with Crippen molar-refractivity contribution in [1.29, 1.82) is 0 Å². The van der Waals surface area contributed by atoms with Crippen molar-refractivity contribution in [1.82, 2.24) is 14.9 Å². The van der Waals surface area contributed by atoms with Gasteiger partial charge in [0.1, 0.15) is 5.82 Å². The second-order valence-corrected chi connectivity index (χ2v) is 6.03. The van der Waals surface area contributed by atoms with E-state index in [1.807, 2.05) is 24.4 Å². The number of nitrogens with zero attached hydrogens (tertiary/aromatic N) is 2. The maximum absolute atomic E-state index is 12.3. The number of carbonyl (C=O) groups is 1. The summed E-state index contributed by atoms with van der Waals surface area (Å²) in [5.41, 5.74) is 1.78. The summed E-state index contributed by atoms with van der Waals surface area (Å²) >= 11 is 0. The lowest BCUT2D eigenvalue weighted by Crippen LogP contribution is -2.26. The highest BCUT2D eigenvalue weighted by molar-refractivity contribution is 5.94. The smallest absolute Gasteiger partial charge is 0.251 e. The van der Waals surface area contributed by atoms with E-state index < -0.39 is 0 Å². The standard InChI is InChI=1S/C20H19N3O3/c24-20(16-6-7-17-18(12-16)26-14-25-17)22-9-8-19-21-10-11-23(19)13-15-4-2-1-3-5-15/h1-7,10-12H,8-9,13-14H2,(H,22,24). The molecular formula is C20H19N3O3. The third-order valence-corrected chi connectivity index (χ3v) is 4.27. The van der Waals surface area contributed by atoms with E-state index in [2.05, 4.69) is 27.0 Å². The Morgan fingerprint density at radius 3 is 2.85 bits per heavy atom. The molecule has 4 rings (SSSR count). The summed E-state index contributed by atoms with van der Waals surface area (Å²) in [6.07, 6.45) is 4.41. The Hall–Kier alpha value is -3.28. The molecule has 0 radical (unpaired) electrons. The zero-order chi connectivity index (χ0) is 17.8. The van der Waals surface area contributed by atoms with Crippen LogP contribution in [0.3, 0.4) is 0 Å². The van der Waals surface area contributed by atoms with E-state index in [4.69, 9.17) is 9.47 Å². The second kappa shape index (κ2) is 7.31. The largest absolute Gasteiger partial charge is 0.454 e. The van der Waals surface area contributed by atoms with Crippen LogP contribution in [-0.4, -0.2) is 28.8 Å². The molecule has 2 aromatic carbocycles. The summed E-state index contributed by atoms with van der Waals surface area (Å²) < 4.78 is 12.7. The fourth-order valence-electron chi connectivity index (χ4n) is 2.92. The van der Waals surface area contributed by atoms with Gasteiger partial charge in [0.25, 0.3) is 5.91 Å². The summed E-state index contributed by atoms with van der Waals surface area (Å²) in [4.78, 5) is 16.7. The highest BCUT2D eigenvalue weighted by Gasteiger charge is 2.16. The number of hydrogen-bond donors (Lipinski definition) is 1. The van der Waals surface area contributed by atoms with Gasteiger partial charge in [0, 0.05) is 37.5 Å². The summed E-state index contributed by atoms with van der Waals surface area (Å²) in [6, 6.07) is 15.4. The number of fused-ring (bicyclic) bond motifs is 1. The first-order valence-electron chi connectivity index (χ1n) is 8.51. The van der Waals surface area contributed by atoms with Crippen LogP contribution in [0.15, 0.2) is 60.9 Å². The van der Waals surface area contributed by atoms with E-state index in [0.29, 0.717) is 30.0 Å². The van der Waals surface area contributed by atoms with Crippen LogP contribution in [0.4, 0.5) is 0 Å². The molecular weight excluding hydrogens is 330 g/mol. The Morgan fingerprint density at radius 2 is 1.96 bits per heavy atom. The molecule has 2 heterocycles. The van der Waals surface area contributed by atoms with E-state index >= 15 is 0 Å². The van der Waals surface area contributed by atoms with Gasteiger partial charge in [-0.2, -0.15) is 0 Å². The van der Waals surface area contributed by atoms with Gasteiger partial charge in [-0.1, -0.05) is 30.3 Å². The number of amides is 1. The minimum atomic E-state index is -0.135. The molecule has 1 N–H and O–H groups in total. The van der Waals surface area contributed by atoms with Crippen LogP contribution in [0.25, 0.3) is 0 Å². The number of hydrogen-bond acceptors (Lipinski definition) is 4. The monoisotopic (exact) mass is 349 g/mol. The van der Waals surface area contributed by atoms with E-state index in [1.54, 1.807) is 24.4 Å². The van der Waals surface area contributed by atoms with E-state index in [0.717, 1.165) is 12.4 Å². The predicted octanol–water partition coefficient (Wildman–Crippen LogP) is 2.63. The molecule has 1 aromatic heterocycles. The van der Waals surface area contributed by atoms with Crippen molar-refractivity contribution in [2.75, 3.05) is 13.3 Å². The first-order chi connectivity index (χ1) is 12.8. The zero-order valence-electron chi connectivity index (χ0n) is 14.2. The van der Waals surface area contributed by atoms with Gasteiger partial charge >= 0.3 is 0 Å². The molecule has 1 aliphatic heterocycles. The molecule has 0 aliphatic carbocycles. The average Bonchev–Trinajstić information content (AvgIpc) is 3.31. The van der Waals surface area contributed by atoms with Gasteiger partial charge in [-0.05, 0) is 23.8 Å². The van der Waals surface area contributed by atoms with Gasteiger partial charge in [0.05, 0.1) is 0 Å². The molecule has 6 nitrogen and oxygen atoms in total. The fraction of sp³-hybridized carbons (Fsp3) is 0.200. The number of aromatic nitrogens is 2. The van der Waals surface area contributed by atoms with Crippen molar-refractivity contribution < 1.29 is 14.3 Å². The summed E-state index contributed by atoms with van der Waals surface area (Å²) in [5.74, 6) is 2.09. The van der Waals surface area contributed by atoms with Crippen LogP contribution in [0.1, 0.15) is 21.7 Å². The maximum Gasteiger partial charge on any atom is 0.251 e. The summed E-state index contributed by atoms with van der Waals surface area (Å²) in [5, 5.41) is 2.93. The molecule has 6 heteroatoms. The Morgan fingerprint density at radius 1 is 1.12 bits per heavy atom. The van der Waals surface area contributed by atoms with Crippen molar-refractivity contribution in [3.05, 3.63) is 77.9 Å². The molecule has 0 bridgehead atoms. The number of benzene rings is 2. The molecule has 1 aliphatic rings. The zero-order valence-corrected chi connectivity index (χ0v) is 14.2. The summed E-state index contributed by atoms with van der Waals surface area (Å²) in [7, 11) is 0. The molecule has 132 valence electrons. The number of rotatable bonds is 6. The van der Waals surface area contributed by atoms with Crippen LogP contribution in [-0.2, 0) is 13.0 Å². The SMILES string of the molecule is O=C(NCCc1nccn1Cc1ccccc1)c1ccc2c(c1)OCO2. The van der Waals surface area contributed by atoms with E-state index in [9.17, 15) is 4.79 Å². The van der Waals surface area contributed by atoms with Gasteiger partial charge in [-0.3, -0.25) is 4.79 Å². The Labute approximate surface area is 151 Å². The first kappa shape index (κ1) is 16.2. The topological polar surface area (TPSA) is 65.4 Å². The van der Waals surface area contributed by atoms with Crippen LogP contribution in [0.2, 0.25) is 0 Å². The molecule has 0 spiro atoms. The molecule has 1 amide bonds. The van der Waals surface area contributed by atoms with Crippen molar-refractivity contribution in [3.8, 4) is 11.5 Å². The minimum Gasteiger partial charge on any atom is -0.454 e. The Kier molecular flexibility index (Phi) is 4.55. The number of nitrogens with one attached hydrogen (secondary N) is 1. The van der Waals surface area contributed by atoms with Crippen molar-refractivity contribution in [2.45, 2.75) is 13.0 Å². The van der Waals surface area contributed by atoms with Crippen LogP contribution >= 0.6 is 0 Å². The molecule has 0 fully saturated rings. The van der Waals surface area contributed by atoms with E-state index in [-0.39, 0.29) is 12.7 Å². The fourth-order valence-corrected chi connectivity index (χ4v) is 2.92. The molecule has 0 saturated carbocycles. The minimum absolute atomic E-state index is 0.135. The average molecular weight is 349 g/mol. The number of ether oxygens (including phenoxy) is 2. The van der Waals surface area contributed by atoms with Crippen molar-refractivity contribution in [3.63, 3.8) is 0 Å². The van der Waals surface area contributed by atoms with Gasteiger partial charge in [0.15, 0.2) is 11.5 Å². The van der Waals surface area contributed by atoms with Crippen molar-refractivity contribution in [2.24, 2.45) is 0 Å². The van der Waals surface area contributed by atoms with Gasteiger partial charge in [-0.15, -0.1) is 0 Å². The van der Waals surface area contributed by atoms with Gasteiger partial charge in [-0.25, -0.2) is 4.98 Å². The normalized spacial score (nSPS) is 12.2. The lowest BCUT2D eigenvalue weighted by atomic mass is 10.2. The lowest BCUT2D eigenvalue weighted by molar-refractivity contribution is 0.0953. The Balaban J connectivity index is 1.34. The third kappa shape index (κ3) is 3.54. The Bertz CT molecular complexity index is 906. The maximum atomic E-state index is 12.3. The first-order valence-corrected chi connectivity index (χ1v) is 8.51. The third-order valence-electron chi connectivity index (χ3n) is 4.27. The number of imidazole rings is 1. The highest BCUT2D eigenvalue weighted by atomic mass is 16.7. The van der Waals surface area contributed by atoms with Crippen LogP contribution < -0.4 is 14.8 Å². The van der Waals surface area contributed by atoms with E-state index in [1.165, 1.54) is 5.56 Å². The lowest BCUT2D eigenvalue weighted by Gasteiger charge is -2.09. The molecule has 26 heavy (non-hydrogen) atoms. The second-order valence-electron chi connectivity index (χ2n) is 6.03. The predicted molar refractivity (Wildman–Crippen MR) is 96.4 cm³/mol. The summed E-state index contributed by atoms with van der Waals surface area (Å²) in [6.45, 7) is 1.48. The number of carbonyl (C=O) groups excluding carboxylic acids is 1. The van der Waals surface area contributed by atoms with Gasteiger partial charge < -0.3 is 19.4 Å².